The van der Waals surface area contributed by atoms with E-state index < -0.39 is 0 Å². The maximum atomic E-state index is 13.4. The lowest BCUT2D eigenvalue weighted by atomic mass is 10.2. The van der Waals surface area contributed by atoms with Crippen molar-refractivity contribution < 1.29 is 4.39 Å². The van der Waals surface area contributed by atoms with Gasteiger partial charge < -0.3 is 11.1 Å². The summed E-state index contributed by atoms with van der Waals surface area (Å²) in [4.78, 5) is 0. The number of hydrogen-bond acceptors (Lipinski definition) is 2. The molecule has 2 aromatic carbocycles. The van der Waals surface area contributed by atoms with Gasteiger partial charge in [-0.2, -0.15) is 0 Å². The van der Waals surface area contributed by atoms with E-state index in [1.807, 2.05) is 22.6 Å². The minimum atomic E-state index is -0.277. The molecule has 5 heteroatoms. The summed E-state index contributed by atoms with van der Waals surface area (Å²) in [5, 5.41) is 3.55. The molecule has 0 radical (unpaired) electrons. The van der Waals surface area contributed by atoms with Crippen molar-refractivity contribution in [1.82, 2.24) is 0 Å². The van der Waals surface area contributed by atoms with Crippen LogP contribution < -0.4 is 11.1 Å². The molecule has 3 N–H and O–H groups in total. The smallest absolute Gasteiger partial charge is 0.138 e. The fourth-order valence-corrected chi connectivity index (χ4v) is 2.13. The summed E-state index contributed by atoms with van der Waals surface area (Å²) in [6, 6.07) is 10.0. The van der Waals surface area contributed by atoms with Gasteiger partial charge >= 0.3 is 0 Å². The quantitative estimate of drug-likeness (QED) is 0.613. The average molecular weight is 363 g/mol. The predicted molar refractivity (Wildman–Crippen MR) is 78.3 cm³/mol. The summed E-state index contributed by atoms with van der Waals surface area (Å²) in [6.45, 7) is 0. The third-order valence-corrected chi connectivity index (χ3v) is 3.67. The molecular weight excluding hydrogens is 354 g/mol. The highest BCUT2D eigenvalue weighted by Crippen LogP contribution is 2.33. The van der Waals surface area contributed by atoms with E-state index in [1.54, 1.807) is 30.3 Å². The molecular formula is C12H9ClFIN2. The van der Waals surface area contributed by atoms with Crippen LogP contribution in [0.5, 0.6) is 0 Å². The Morgan fingerprint density at radius 3 is 2.59 bits per heavy atom. The molecule has 2 nitrogen and oxygen atoms in total. The monoisotopic (exact) mass is 362 g/mol. The van der Waals surface area contributed by atoms with Crippen molar-refractivity contribution in [1.29, 1.82) is 0 Å². The first-order valence-corrected chi connectivity index (χ1v) is 6.30. The third-order valence-electron chi connectivity index (χ3n) is 2.26. The van der Waals surface area contributed by atoms with Gasteiger partial charge in [0.1, 0.15) is 5.82 Å². The van der Waals surface area contributed by atoms with Crippen molar-refractivity contribution in [2.24, 2.45) is 0 Å². The maximum Gasteiger partial charge on any atom is 0.138 e. The lowest BCUT2D eigenvalue weighted by Crippen LogP contribution is -1.99. The Hall–Kier alpha value is -1.01. The summed E-state index contributed by atoms with van der Waals surface area (Å²) in [6.07, 6.45) is 0. The summed E-state index contributed by atoms with van der Waals surface area (Å²) in [5.41, 5.74) is 7.58. The van der Waals surface area contributed by atoms with Crippen LogP contribution in [-0.4, -0.2) is 0 Å². The number of para-hydroxylation sites is 1. The standard InChI is InChI=1S/C12H9ClFIN2/c13-7-3-1-5-9(16)12(7)17-10-6-2-4-8(14)11(10)15/h1-6,17H,16H2. The van der Waals surface area contributed by atoms with E-state index in [-0.39, 0.29) is 5.82 Å². The molecule has 0 amide bonds. The van der Waals surface area contributed by atoms with Crippen molar-refractivity contribution in [2.75, 3.05) is 11.1 Å². The van der Waals surface area contributed by atoms with Gasteiger partial charge in [0.15, 0.2) is 0 Å². The highest BCUT2D eigenvalue weighted by atomic mass is 127. The molecule has 0 fully saturated rings. The van der Waals surface area contributed by atoms with Crippen molar-refractivity contribution in [3.8, 4) is 0 Å². The number of halogens is 3. The first-order chi connectivity index (χ1) is 8.09. The second-order valence-electron chi connectivity index (χ2n) is 3.43. The number of nitrogens with two attached hydrogens (primary N) is 1. The summed E-state index contributed by atoms with van der Waals surface area (Å²) >= 11 is 7.97. The van der Waals surface area contributed by atoms with Crippen LogP contribution in [0.2, 0.25) is 5.02 Å². The van der Waals surface area contributed by atoms with Gasteiger partial charge in [-0.3, -0.25) is 0 Å². The Kier molecular flexibility index (Phi) is 3.73. The van der Waals surface area contributed by atoms with Gasteiger partial charge in [-0.25, -0.2) is 4.39 Å². The van der Waals surface area contributed by atoms with Gasteiger partial charge in [-0.1, -0.05) is 23.7 Å². The Balaban J connectivity index is 2.42. The summed E-state index contributed by atoms with van der Waals surface area (Å²) in [7, 11) is 0. The second kappa shape index (κ2) is 5.10. The first kappa shape index (κ1) is 12.4. The zero-order valence-corrected chi connectivity index (χ0v) is 11.6. The van der Waals surface area contributed by atoms with Crippen LogP contribution in [0.4, 0.5) is 21.5 Å². The largest absolute Gasteiger partial charge is 0.397 e. The van der Waals surface area contributed by atoms with Crippen molar-refractivity contribution in [3.05, 3.63) is 50.8 Å². The lowest BCUT2D eigenvalue weighted by molar-refractivity contribution is 0.621. The van der Waals surface area contributed by atoms with Crippen LogP contribution in [-0.2, 0) is 0 Å². The Morgan fingerprint density at radius 2 is 1.88 bits per heavy atom. The van der Waals surface area contributed by atoms with Crippen LogP contribution in [0, 0.1) is 9.39 Å². The molecule has 2 aromatic rings. The van der Waals surface area contributed by atoms with E-state index in [9.17, 15) is 4.39 Å². The SMILES string of the molecule is Nc1cccc(Cl)c1Nc1cccc(F)c1I. The lowest BCUT2D eigenvalue weighted by Gasteiger charge is -2.12. The second-order valence-corrected chi connectivity index (χ2v) is 4.92. The molecule has 0 unspecified atom stereocenters. The molecule has 0 saturated heterocycles. The van der Waals surface area contributed by atoms with Crippen LogP contribution in [0.3, 0.4) is 0 Å². The molecule has 2 rings (SSSR count). The van der Waals surface area contributed by atoms with Crippen LogP contribution >= 0.6 is 34.2 Å². The van der Waals surface area contributed by atoms with E-state index in [0.717, 1.165) is 0 Å². The number of nitrogens with one attached hydrogen (secondary N) is 1. The van der Waals surface area contributed by atoms with E-state index in [2.05, 4.69) is 5.32 Å². The molecule has 0 atom stereocenters. The zero-order chi connectivity index (χ0) is 12.4. The van der Waals surface area contributed by atoms with E-state index in [4.69, 9.17) is 17.3 Å². The van der Waals surface area contributed by atoms with Gasteiger partial charge in [0, 0.05) is 0 Å². The van der Waals surface area contributed by atoms with Crippen molar-refractivity contribution in [2.45, 2.75) is 0 Å². The van der Waals surface area contributed by atoms with Gasteiger partial charge in [0.25, 0.3) is 0 Å². The van der Waals surface area contributed by atoms with Gasteiger partial charge in [-0.05, 0) is 46.9 Å². The normalized spacial score (nSPS) is 10.3. The van der Waals surface area contributed by atoms with E-state index in [1.165, 1.54) is 6.07 Å². The molecule has 0 bridgehead atoms. The third kappa shape index (κ3) is 2.63. The fourth-order valence-electron chi connectivity index (χ4n) is 1.41. The van der Waals surface area contributed by atoms with E-state index in [0.29, 0.717) is 25.7 Å². The molecule has 0 aliphatic heterocycles. The number of nitrogen functional groups attached to an aromatic ring is 1. The highest BCUT2D eigenvalue weighted by molar-refractivity contribution is 14.1. The minimum Gasteiger partial charge on any atom is -0.397 e. The van der Waals surface area contributed by atoms with Crippen LogP contribution in [0.25, 0.3) is 0 Å². The van der Waals surface area contributed by atoms with Crippen LogP contribution in [0.15, 0.2) is 36.4 Å². The van der Waals surface area contributed by atoms with E-state index >= 15 is 0 Å². The molecule has 0 aliphatic rings. The minimum absolute atomic E-state index is 0.277. The molecule has 88 valence electrons. The van der Waals surface area contributed by atoms with Gasteiger partial charge in [0.05, 0.1) is 25.7 Å². The van der Waals surface area contributed by atoms with Crippen molar-refractivity contribution in [3.63, 3.8) is 0 Å². The molecule has 0 saturated carbocycles. The fraction of sp³-hybridized carbons (Fsp3) is 0. The Morgan fingerprint density at radius 1 is 1.18 bits per heavy atom. The predicted octanol–water partition coefficient (Wildman–Crippen LogP) is 4.41. The molecule has 0 aromatic heterocycles. The maximum absolute atomic E-state index is 13.4. The number of benzene rings is 2. The number of rotatable bonds is 2. The summed E-state index contributed by atoms with van der Waals surface area (Å²) in [5.74, 6) is -0.277. The van der Waals surface area contributed by atoms with Crippen LogP contribution in [0.1, 0.15) is 0 Å². The Bertz CT molecular complexity index is 540. The zero-order valence-electron chi connectivity index (χ0n) is 8.68. The topological polar surface area (TPSA) is 38.0 Å². The molecule has 0 aliphatic carbocycles. The average Bonchev–Trinajstić information content (AvgIpc) is 2.29. The van der Waals surface area contributed by atoms with Gasteiger partial charge in [0.2, 0.25) is 0 Å². The molecule has 0 heterocycles. The number of anilines is 3. The number of hydrogen-bond donors (Lipinski definition) is 2. The van der Waals surface area contributed by atoms with Gasteiger partial charge in [-0.15, -0.1) is 0 Å². The molecule has 0 spiro atoms. The molecule has 17 heavy (non-hydrogen) atoms. The first-order valence-electron chi connectivity index (χ1n) is 4.84. The highest BCUT2D eigenvalue weighted by Gasteiger charge is 2.09. The van der Waals surface area contributed by atoms with Crippen molar-refractivity contribution >= 4 is 51.3 Å². The summed E-state index contributed by atoms with van der Waals surface area (Å²) < 4.78 is 13.9. The Labute approximate surface area is 117 Å².